The second-order valence-electron chi connectivity index (χ2n) is 8.52. The highest BCUT2D eigenvalue weighted by molar-refractivity contribution is 5.96. The molecular weight excluding hydrogens is 378 g/mol. The smallest absolute Gasteiger partial charge is 0.259 e. The van der Waals surface area contributed by atoms with E-state index in [0.29, 0.717) is 30.1 Å². The molecular formula is C24H25N3O3. The number of amides is 1. The van der Waals surface area contributed by atoms with Crippen LogP contribution in [0.4, 0.5) is 0 Å². The van der Waals surface area contributed by atoms with E-state index in [4.69, 9.17) is 4.52 Å². The summed E-state index contributed by atoms with van der Waals surface area (Å²) in [7, 11) is 0. The normalized spacial score (nSPS) is 22.6. The van der Waals surface area contributed by atoms with E-state index in [9.17, 15) is 9.59 Å². The number of aromatic nitrogens is 2. The van der Waals surface area contributed by atoms with Crippen LogP contribution in [0.3, 0.4) is 0 Å². The van der Waals surface area contributed by atoms with Gasteiger partial charge in [0, 0.05) is 36.8 Å². The Hall–Kier alpha value is -3.15. The molecule has 0 N–H and O–H groups in total. The number of carbonyl (C=O) groups is 1. The van der Waals surface area contributed by atoms with Gasteiger partial charge in [-0.05, 0) is 44.2 Å². The number of nitrogens with zero attached hydrogens (tertiary/aromatic N) is 3. The average molecular weight is 403 g/mol. The molecule has 0 radical (unpaired) electrons. The summed E-state index contributed by atoms with van der Waals surface area (Å²) < 4.78 is 7.22. The average Bonchev–Trinajstić information content (AvgIpc) is 3.09. The third kappa shape index (κ3) is 3.07. The molecule has 0 unspecified atom stereocenters. The zero-order chi connectivity index (χ0) is 20.8. The lowest BCUT2D eigenvalue weighted by molar-refractivity contribution is 0.0526. The predicted octanol–water partition coefficient (Wildman–Crippen LogP) is 3.50. The molecule has 3 aromatic rings. The summed E-state index contributed by atoms with van der Waals surface area (Å²) in [6.45, 7) is 4.84. The van der Waals surface area contributed by atoms with Gasteiger partial charge in [0.1, 0.15) is 11.3 Å². The number of aryl methyl sites for hydroxylation is 2. The van der Waals surface area contributed by atoms with Crippen LogP contribution in [0.5, 0.6) is 0 Å². The van der Waals surface area contributed by atoms with E-state index < -0.39 is 0 Å². The topological polar surface area (TPSA) is 68.3 Å². The lowest BCUT2D eigenvalue weighted by Crippen LogP contribution is -2.51. The van der Waals surface area contributed by atoms with Gasteiger partial charge in [0.25, 0.3) is 11.5 Å². The lowest BCUT2D eigenvalue weighted by atomic mass is 9.76. The maximum atomic E-state index is 13.3. The molecule has 1 aromatic carbocycles. The molecule has 5 rings (SSSR count). The van der Waals surface area contributed by atoms with E-state index in [1.165, 1.54) is 5.56 Å². The monoisotopic (exact) mass is 403 g/mol. The largest absolute Gasteiger partial charge is 0.361 e. The van der Waals surface area contributed by atoms with Gasteiger partial charge in [-0.1, -0.05) is 41.6 Å². The summed E-state index contributed by atoms with van der Waals surface area (Å²) in [6.07, 6.45) is 1.77. The Bertz CT molecular complexity index is 1130. The van der Waals surface area contributed by atoms with Gasteiger partial charge in [0.15, 0.2) is 0 Å². The fourth-order valence-electron chi connectivity index (χ4n) is 5.27. The van der Waals surface area contributed by atoms with Gasteiger partial charge >= 0.3 is 0 Å². The van der Waals surface area contributed by atoms with Crippen molar-refractivity contribution in [2.45, 2.75) is 38.6 Å². The third-order valence-electron chi connectivity index (χ3n) is 6.62. The number of hydrogen-bond donors (Lipinski definition) is 0. The fraction of sp³-hybridized carbons (Fsp3) is 0.375. The van der Waals surface area contributed by atoms with Gasteiger partial charge in [-0.2, -0.15) is 0 Å². The van der Waals surface area contributed by atoms with E-state index >= 15 is 0 Å². The molecule has 0 saturated carbocycles. The highest BCUT2D eigenvalue weighted by Gasteiger charge is 2.42. The lowest BCUT2D eigenvalue weighted by Gasteiger charge is -2.47. The quantitative estimate of drug-likeness (QED) is 0.671. The van der Waals surface area contributed by atoms with Crippen molar-refractivity contribution < 1.29 is 9.32 Å². The standard InChI is InChI=1S/C24H25N3O3/c1-15-23(16(2)30-25-15)24(29)26-13-18-12-19(14-26)21(11-17-7-4-3-5-8-17)27-20(18)9-6-10-22(27)28/h3-10,18-19,21H,11-14H2,1-2H3/t18-,19+,21+/m1/s1. The Kier molecular flexibility index (Phi) is 4.57. The minimum absolute atomic E-state index is 0.0221. The minimum atomic E-state index is -0.0221. The molecule has 2 aromatic heterocycles. The van der Waals surface area contributed by atoms with E-state index in [0.717, 1.165) is 18.5 Å². The zero-order valence-corrected chi connectivity index (χ0v) is 17.2. The van der Waals surface area contributed by atoms with Crippen LogP contribution < -0.4 is 5.56 Å². The summed E-state index contributed by atoms with van der Waals surface area (Å²) in [6, 6.07) is 15.8. The van der Waals surface area contributed by atoms with Gasteiger partial charge < -0.3 is 14.0 Å². The van der Waals surface area contributed by atoms with Crippen LogP contribution in [-0.2, 0) is 6.42 Å². The number of fused-ring (bicyclic) bond motifs is 4. The van der Waals surface area contributed by atoms with E-state index in [2.05, 4.69) is 17.3 Å². The third-order valence-corrected chi connectivity index (χ3v) is 6.62. The van der Waals surface area contributed by atoms with Crippen molar-refractivity contribution in [3.05, 3.63) is 87.2 Å². The summed E-state index contributed by atoms with van der Waals surface area (Å²) in [5, 5.41) is 3.95. The second kappa shape index (κ2) is 7.27. The Labute approximate surface area is 175 Å². The molecule has 2 aliphatic rings. The Morgan fingerprint density at radius 1 is 1.10 bits per heavy atom. The predicted molar refractivity (Wildman–Crippen MR) is 113 cm³/mol. The maximum absolute atomic E-state index is 13.3. The van der Waals surface area contributed by atoms with Crippen LogP contribution in [0, 0.1) is 19.8 Å². The molecule has 3 atom stereocenters. The van der Waals surface area contributed by atoms with Crippen molar-refractivity contribution >= 4 is 5.91 Å². The van der Waals surface area contributed by atoms with Crippen LogP contribution in [-0.4, -0.2) is 33.6 Å². The molecule has 30 heavy (non-hydrogen) atoms. The van der Waals surface area contributed by atoms with Gasteiger partial charge in [0.05, 0.1) is 5.69 Å². The van der Waals surface area contributed by atoms with E-state index in [1.807, 2.05) is 46.7 Å². The summed E-state index contributed by atoms with van der Waals surface area (Å²) in [4.78, 5) is 28.1. The van der Waals surface area contributed by atoms with Crippen molar-refractivity contribution in [1.82, 2.24) is 14.6 Å². The van der Waals surface area contributed by atoms with Crippen LogP contribution in [0.15, 0.2) is 57.8 Å². The van der Waals surface area contributed by atoms with Crippen LogP contribution in [0.1, 0.15) is 51.5 Å². The van der Waals surface area contributed by atoms with E-state index in [1.54, 1.807) is 13.0 Å². The number of likely N-dealkylation sites (tertiary alicyclic amines) is 1. The molecule has 0 aliphatic carbocycles. The molecule has 2 bridgehead atoms. The summed E-state index contributed by atoms with van der Waals surface area (Å²) in [5.74, 6) is 0.923. The summed E-state index contributed by atoms with van der Waals surface area (Å²) >= 11 is 0. The van der Waals surface area contributed by atoms with Crippen molar-refractivity contribution in [3.63, 3.8) is 0 Å². The zero-order valence-electron chi connectivity index (χ0n) is 17.2. The molecule has 6 heteroatoms. The van der Waals surface area contributed by atoms with Crippen molar-refractivity contribution in [3.8, 4) is 0 Å². The second-order valence-corrected chi connectivity index (χ2v) is 8.52. The molecule has 6 nitrogen and oxygen atoms in total. The number of benzene rings is 1. The highest BCUT2D eigenvalue weighted by Crippen LogP contribution is 2.42. The van der Waals surface area contributed by atoms with Crippen LogP contribution in [0.2, 0.25) is 0 Å². The first-order chi connectivity index (χ1) is 14.5. The molecule has 1 saturated heterocycles. The number of piperidine rings is 1. The molecule has 4 heterocycles. The number of carbonyl (C=O) groups excluding carboxylic acids is 1. The number of hydrogen-bond acceptors (Lipinski definition) is 4. The molecule has 2 aliphatic heterocycles. The van der Waals surface area contributed by atoms with Crippen molar-refractivity contribution in [2.24, 2.45) is 5.92 Å². The van der Waals surface area contributed by atoms with Gasteiger partial charge in [-0.15, -0.1) is 0 Å². The minimum Gasteiger partial charge on any atom is -0.361 e. The van der Waals surface area contributed by atoms with Gasteiger partial charge in [-0.3, -0.25) is 9.59 Å². The molecule has 1 amide bonds. The Balaban J connectivity index is 1.53. The molecule has 0 spiro atoms. The number of rotatable bonds is 3. The molecule has 154 valence electrons. The van der Waals surface area contributed by atoms with E-state index in [-0.39, 0.29) is 29.3 Å². The van der Waals surface area contributed by atoms with Crippen molar-refractivity contribution in [1.29, 1.82) is 0 Å². The first-order valence-corrected chi connectivity index (χ1v) is 10.5. The molecule has 1 fully saturated rings. The SMILES string of the molecule is Cc1noc(C)c1C(=O)N1C[C@H]2C[C@@H](C1)[C@H](Cc1ccccc1)n1c2cccc1=O. The van der Waals surface area contributed by atoms with Crippen molar-refractivity contribution in [2.75, 3.05) is 13.1 Å². The van der Waals surface area contributed by atoms with Gasteiger partial charge in [-0.25, -0.2) is 0 Å². The first kappa shape index (κ1) is 18.9. The number of pyridine rings is 1. The summed E-state index contributed by atoms with van der Waals surface area (Å²) in [5.41, 5.74) is 3.49. The Morgan fingerprint density at radius 3 is 2.63 bits per heavy atom. The Morgan fingerprint density at radius 2 is 1.90 bits per heavy atom. The van der Waals surface area contributed by atoms with Crippen LogP contribution in [0.25, 0.3) is 0 Å². The maximum Gasteiger partial charge on any atom is 0.259 e. The highest BCUT2D eigenvalue weighted by atomic mass is 16.5. The first-order valence-electron chi connectivity index (χ1n) is 10.5. The van der Waals surface area contributed by atoms with Crippen LogP contribution >= 0.6 is 0 Å². The van der Waals surface area contributed by atoms with Gasteiger partial charge in [0.2, 0.25) is 0 Å². The fourth-order valence-corrected chi connectivity index (χ4v) is 5.27.